The molecule has 1 aromatic rings. The van der Waals surface area contributed by atoms with Crippen molar-refractivity contribution in [2.75, 3.05) is 13.1 Å². The lowest BCUT2D eigenvalue weighted by atomic mass is 10.2. The summed E-state index contributed by atoms with van der Waals surface area (Å²) in [7, 11) is 0. The first-order chi connectivity index (χ1) is 10.3. The zero-order valence-electron chi connectivity index (χ0n) is 13.6. The van der Waals surface area contributed by atoms with Crippen molar-refractivity contribution in [1.82, 2.24) is 10.1 Å². The summed E-state index contributed by atoms with van der Waals surface area (Å²) in [5, 5.41) is 3.71. The van der Waals surface area contributed by atoms with Crippen LogP contribution in [0.3, 0.4) is 0 Å². The Hall–Kier alpha value is -1.89. The predicted octanol–water partition coefficient (Wildman–Crippen LogP) is 1.47. The van der Waals surface area contributed by atoms with Gasteiger partial charge in [0.1, 0.15) is 11.3 Å². The third kappa shape index (κ3) is 3.47. The van der Waals surface area contributed by atoms with Gasteiger partial charge >= 0.3 is 5.97 Å². The minimum absolute atomic E-state index is 0.0295. The molecule has 0 unspecified atom stereocenters. The highest BCUT2D eigenvalue weighted by Gasteiger charge is 2.31. The summed E-state index contributed by atoms with van der Waals surface area (Å²) in [5.41, 5.74) is 0.735. The average molecular weight is 310 g/mol. The van der Waals surface area contributed by atoms with E-state index in [0.717, 1.165) is 0 Å². The van der Waals surface area contributed by atoms with Crippen LogP contribution in [0.25, 0.3) is 0 Å². The number of carbonyl (C=O) groups excluding carboxylic acids is 2. The highest BCUT2D eigenvalue weighted by Crippen LogP contribution is 2.16. The van der Waals surface area contributed by atoms with Crippen molar-refractivity contribution in [3.63, 3.8) is 0 Å². The van der Waals surface area contributed by atoms with Crippen LogP contribution < -0.4 is 0 Å². The lowest BCUT2D eigenvalue weighted by molar-refractivity contribution is -0.151. The van der Waals surface area contributed by atoms with E-state index in [-0.39, 0.29) is 23.7 Å². The van der Waals surface area contributed by atoms with E-state index in [4.69, 9.17) is 14.0 Å². The molecule has 7 nitrogen and oxygen atoms in total. The third-order valence-corrected chi connectivity index (χ3v) is 3.60. The number of nitrogens with zero attached hydrogens (tertiary/aromatic N) is 2. The summed E-state index contributed by atoms with van der Waals surface area (Å²) in [5.74, 6) is -0.427. The summed E-state index contributed by atoms with van der Waals surface area (Å²) in [4.78, 5) is 26.2. The minimum atomic E-state index is -0.862. The van der Waals surface area contributed by atoms with Gasteiger partial charge in [0, 0.05) is 13.1 Å². The Balaban J connectivity index is 2.01. The Kier molecular flexibility index (Phi) is 4.85. The molecule has 1 aliphatic heterocycles. The van der Waals surface area contributed by atoms with E-state index >= 15 is 0 Å². The molecule has 1 aliphatic rings. The molecule has 2 heterocycles. The molecule has 0 spiro atoms. The van der Waals surface area contributed by atoms with Gasteiger partial charge in [-0.3, -0.25) is 4.79 Å². The summed E-state index contributed by atoms with van der Waals surface area (Å²) in [6, 6.07) is 0. The largest absolute Gasteiger partial charge is 0.449 e. The highest BCUT2D eigenvalue weighted by atomic mass is 16.6. The van der Waals surface area contributed by atoms with E-state index in [1.807, 2.05) is 13.8 Å². The average Bonchev–Trinajstić information content (AvgIpc) is 2.76. The van der Waals surface area contributed by atoms with Crippen molar-refractivity contribution in [2.45, 2.75) is 52.9 Å². The van der Waals surface area contributed by atoms with E-state index in [0.29, 0.717) is 24.5 Å². The first-order valence-electron chi connectivity index (χ1n) is 7.37. The lowest BCUT2D eigenvalue weighted by Gasteiger charge is -2.36. The van der Waals surface area contributed by atoms with Crippen LogP contribution in [0.1, 0.15) is 42.6 Å². The summed E-state index contributed by atoms with van der Waals surface area (Å²) in [6.07, 6.45) is -0.921. The molecule has 1 aromatic heterocycles. The standard InChI is InChI=1S/C15H22N2O5/c1-8-6-17(7-9(2)20-8)14(18)12(5)21-15(19)13-10(3)16-22-11(13)4/h8-9,12H,6-7H2,1-5H3/t8-,9+,12-/m1/s1. The number of carbonyl (C=O) groups is 2. The van der Waals surface area contributed by atoms with Crippen LogP contribution in [0.4, 0.5) is 0 Å². The molecular formula is C15H22N2O5. The normalized spacial score (nSPS) is 23.2. The molecule has 22 heavy (non-hydrogen) atoms. The van der Waals surface area contributed by atoms with Gasteiger partial charge < -0.3 is 18.9 Å². The molecule has 0 aromatic carbocycles. The molecule has 122 valence electrons. The van der Waals surface area contributed by atoms with Crippen molar-refractivity contribution in [3.05, 3.63) is 17.0 Å². The minimum Gasteiger partial charge on any atom is -0.449 e. The molecule has 1 fully saturated rings. The van der Waals surface area contributed by atoms with Gasteiger partial charge in [-0.25, -0.2) is 4.79 Å². The summed E-state index contributed by atoms with van der Waals surface area (Å²) < 4.78 is 15.8. The fourth-order valence-corrected chi connectivity index (χ4v) is 2.66. The van der Waals surface area contributed by atoms with Gasteiger partial charge in [0.05, 0.1) is 17.9 Å². The van der Waals surface area contributed by atoms with Gasteiger partial charge in [-0.1, -0.05) is 5.16 Å². The molecule has 1 saturated heterocycles. The first-order valence-corrected chi connectivity index (χ1v) is 7.37. The monoisotopic (exact) mass is 310 g/mol. The third-order valence-electron chi connectivity index (χ3n) is 3.60. The molecule has 0 aliphatic carbocycles. The predicted molar refractivity (Wildman–Crippen MR) is 77.4 cm³/mol. The van der Waals surface area contributed by atoms with Crippen LogP contribution in [-0.2, 0) is 14.3 Å². The van der Waals surface area contributed by atoms with Gasteiger partial charge in [-0.15, -0.1) is 0 Å². The van der Waals surface area contributed by atoms with Crippen LogP contribution in [-0.4, -0.2) is 53.3 Å². The van der Waals surface area contributed by atoms with Crippen molar-refractivity contribution in [1.29, 1.82) is 0 Å². The molecule has 7 heteroatoms. The number of ether oxygens (including phenoxy) is 2. The maximum atomic E-state index is 12.4. The first kappa shape index (κ1) is 16.5. The van der Waals surface area contributed by atoms with Crippen molar-refractivity contribution in [3.8, 4) is 0 Å². The summed E-state index contributed by atoms with van der Waals surface area (Å²) in [6.45, 7) is 9.68. The maximum Gasteiger partial charge on any atom is 0.344 e. The van der Waals surface area contributed by atoms with E-state index in [9.17, 15) is 9.59 Å². The fourth-order valence-electron chi connectivity index (χ4n) is 2.66. The molecular weight excluding hydrogens is 288 g/mol. The number of aromatic nitrogens is 1. The van der Waals surface area contributed by atoms with Gasteiger partial charge in [0.25, 0.3) is 5.91 Å². The number of hydrogen-bond donors (Lipinski definition) is 0. The molecule has 0 N–H and O–H groups in total. The molecule has 0 radical (unpaired) electrons. The van der Waals surface area contributed by atoms with Gasteiger partial charge in [-0.05, 0) is 34.6 Å². The van der Waals surface area contributed by atoms with Gasteiger partial charge in [0.2, 0.25) is 0 Å². The SMILES string of the molecule is Cc1noc(C)c1C(=O)O[C@H](C)C(=O)N1C[C@@H](C)O[C@@H](C)C1. The second-order valence-electron chi connectivity index (χ2n) is 5.75. The van der Waals surface area contributed by atoms with Crippen LogP contribution in [0.15, 0.2) is 4.52 Å². The van der Waals surface area contributed by atoms with Crippen LogP contribution >= 0.6 is 0 Å². The van der Waals surface area contributed by atoms with E-state index in [1.54, 1.807) is 25.7 Å². The second-order valence-corrected chi connectivity index (χ2v) is 5.75. The van der Waals surface area contributed by atoms with Crippen LogP contribution in [0.2, 0.25) is 0 Å². The highest BCUT2D eigenvalue weighted by molar-refractivity contribution is 5.93. The Bertz CT molecular complexity index is 539. The molecule has 0 saturated carbocycles. The smallest absolute Gasteiger partial charge is 0.344 e. The maximum absolute atomic E-state index is 12.4. The van der Waals surface area contributed by atoms with Crippen molar-refractivity contribution < 1.29 is 23.6 Å². The van der Waals surface area contributed by atoms with E-state index < -0.39 is 12.1 Å². The number of morpholine rings is 1. The summed E-state index contributed by atoms with van der Waals surface area (Å²) >= 11 is 0. The number of esters is 1. The number of aryl methyl sites for hydroxylation is 2. The Morgan fingerprint density at radius 1 is 1.27 bits per heavy atom. The number of hydrogen-bond acceptors (Lipinski definition) is 6. The lowest BCUT2D eigenvalue weighted by Crippen LogP contribution is -2.51. The van der Waals surface area contributed by atoms with E-state index in [2.05, 4.69) is 5.16 Å². The zero-order chi connectivity index (χ0) is 16.4. The Morgan fingerprint density at radius 3 is 2.36 bits per heavy atom. The van der Waals surface area contributed by atoms with Crippen molar-refractivity contribution >= 4 is 11.9 Å². The number of rotatable bonds is 3. The second kappa shape index (κ2) is 6.48. The fraction of sp³-hybridized carbons (Fsp3) is 0.667. The molecule has 0 bridgehead atoms. The Labute approximate surface area is 129 Å². The van der Waals surface area contributed by atoms with Crippen LogP contribution in [0.5, 0.6) is 0 Å². The molecule has 3 atom stereocenters. The molecule has 1 amide bonds. The zero-order valence-corrected chi connectivity index (χ0v) is 13.6. The van der Waals surface area contributed by atoms with Crippen LogP contribution in [0, 0.1) is 13.8 Å². The molecule has 2 rings (SSSR count). The quantitative estimate of drug-likeness (QED) is 0.786. The Morgan fingerprint density at radius 2 is 1.86 bits per heavy atom. The van der Waals surface area contributed by atoms with Gasteiger partial charge in [0.15, 0.2) is 6.10 Å². The van der Waals surface area contributed by atoms with Gasteiger partial charge in [-0.2, -0.15) is 0 Å². The topological polar surface area (TPSA) is 81.9 Å². The van der Waals surface area contributed by atoms with E-state index in [1.165, 1.54) is 0 Å². The van der Waals surface area contributed by atoms with Crippen molar-refractivity contribution in [2.24, 2.45) is 0 Å². The number of amides is 1.